The molecule has 0 radical (unpaired) electrons. The number of piperidine rings is 1. The predicted molar refractivity (Wildman–Crippen MR) is 112 cm³/mol. The molecule has 3 aliphatic rings. The highest BCUT2D eigenvalue weighted by atomic mass is 32.1. The highest BCUT2D eigenvalue weighted by molar-refractivity contribution is 7.20. The molecule has 1 N–H and O–H groups in total. The van der Waals surface area contributed by atoms with Gasteiger partial charge in [0.05, 0.1) is 22.3 Å². The largest absolute Gasteiger partial charge is 0.478 e. The van der Waals surface area contributed by atoms with Crippen LogP contribution in [0.5, 0.6) is 0 Å². The van der Waals surface area contributed by atoms with Gasteiger partial charge in [-0.3, -0.25) is 0 Å². The molecule has 2 aromatic heterocycles. The Kier molecular flexibility index (Phi) is 4.22. The summed E-state index contributed by atoms with van der Waals surface area (Å²) in [6.45, 7) is 2.10. The van der Waals surface area contributed by atoms with Crippen molar-refractivity contribution < 1.29 is 14.3 Å². The second kappa shape index (κ2) is 6.90. The average Bonchev–Trinajstić information content (AvgIpc) is 3.38. The van der Waals surface area contributed by atoms with E-state index in [4.69, 9.17) is 4.42 Å². The first kappa shape index (κ1) is 17.7. The number of carbonyl (C=O) groups is 1. The fourth-order valence-corrected chi connectivity index (χ4v) is 5.41. The second-order valence-corrected chi connectivity index (χ2v) is 8.16. The molecule has 29 heavy (non-hydrogen) atoms. The highest BCUT2D eigenvalue weighted by Gasteiger charge is 2.36. The number of nitrogens with zero attached hydrogens (tertiary/aromatic N) is 3. The molecular weight excluding hydrogens is 386 g/mol. The molecule has 0 spiro atoms. The third-order valence-electron chi connectivity index (χ3n) is 5.57. The van der Waals surface area contributed by atoms with Crippen LogP contribution in [0.25, 0.3) is 11.3 Å². The van der Waals surface area contributed by atoms with E-state index in [2.05, 4.69) is 16.0 Å². The number of benzene rings is 1. The standard InChI is InChI=1S/C22H17N3O3S/c23-11-17-19-13-7-9-25(10-8-13)21(19)29-20(17)24-12-14-5-6-18(28-14)15-3-1-2-4-16(15)22(26)27/h1-6,12-13H,7-10H2,(H,26,27). The molecule has 144 valence electrons. The number of fused-ring (bicyclic) bond motifs is 2. The average molecular weight is 403 g/mol. The SMILES string of the molecule is N#Cc1c(N=Cc2ccc(-c3ccccc3C(=O)O)o2)sc2c1C1CCN2CC1. The van der Waals surface area contributed by atoms with E-state index in [0.717, 1.165) is 31.5 Å². The number of carboxylic acid groups (broad SMARTS) is 1. The van der Waals surface area contributed by atoms with E-state index < -0.39 is 5.97 Å². The van der Waals surface area contributed by atoms with Gasteiger partial charge >= 0.3 is 5.97 Å². The Morgan fingerprint density at radius 3 is 2.83 bits per heavy atom. The topological polar surface area (TPSA) is 89.8 Å². The fraction of sp³-hybridized carbons (Fsp3) is 0.227. The molecule has 7 heteroatoms. The molecule has 2 bridgehead atoms. The number of hydrogen-bond donors (Lipinski definition) is 1. The van der Waals surface area contributed by atoms with Crippen molar-refractivity contribution >= 4 is 33.5 Å². The van der Waals surface area contributed by atoms with Crippen molar-refractivity contribution in [2.24, 2.45) is 4.99 Å². The van der Waals surface area contributed by atoms with Gasteiger partial charge in [-0.05, 0) is 37.0 Å². The molecule has 3 aromatic rings. The molecule has 1 aromatic carbocycles. The van der Waals surface area contributed by atoms with E-state index >= 15 is 0 Å². The summed E-state index contributed by atoms with van der Waals surface area (Å²) < 4.78 is 5.81. The minimum atomic E-state index is -1.00. The van der Waals surface area contributed by atoms with Crippen LogP contribution < -0.4 is 4.90 Å². The van der Waals surface area contributed by atoms with Crippen LogP contribution in [-0.4, -0.2) is 30.4 Å². The number of anilines is 1. The van der Waals surface area contributed by atoms with Crippen LogP contribution in [0.2, 0.25) is 0 Å². The Hall–Kier alpha value is -3.37. The van der Waals surface area contributed by atoms with Crippen molar-refractivity contribution in [3.05, 3.63) is 58.8 Å². The number of rotatable bonds is 4. The predicted octanol–water partition coefficient (Wildman–Crippen LogP) is 5.03. The summed E-state index contributed by atoms with van der Waals surface area (Å²) in [5, 5.41) is 21.0. The van der Waals surface area contributed by atoms with Gasteiger partial charge in [0.25, 0.3) is 0 Å². The third-order valence-corrected chi connectivity index (χ3v) is 6.74. The smallest absolute Gasteiger partial charge is 0.336 e. The van der Waals surface area contributed by atoms with E-state index in [0.29, 0.717) is 33.6 Å². The van der Waals surface area contributed by atoms with E-state index in [-0.39, 0.29) is 5.56 Å². The van der Waals surface area contributed by atoms with Crippen LogP contribution in [-0.2, 0) is 0 Å². The van der Waals surface area contributed by atoms with Gasteiger partial charge in [0.15, 0.2) is 0 Å². The van der Waals surface area contributed by atoms with Crippen LogP contribution in [0, 0.1) is 11.3 Å². The van der Waals surface area contributed by atoms with Crippen LogP contribution in [0.4, 0.5) is 10.0 Å². The van der Waals surface area contributed by atoms with Gasteiger partial charge in [-0.15, -0.1) is 0 Å². The number of aliphatic imine (C=N–C) groups is 1. The summed E-state index contributed by atoms with van der Waals surface area (Å²) in [5.41, 5.74) is 2.55. The lowest BCUT2D eigenvalue weighted by atomic mass is 9.84. The zero-order chi connectivity index (χ0) is 20.0. The lowest BCUT2D eigenvalue weighted by Crippen LogP contribution is -2.37. The fourth-order valence-electron chi connectivity index (χ4n) is 4.18. The highest BCUT2D eigenvalue weighted by Crippen LogP contribution is 2.52. The van der Waals surface area contributed by atoms with Crippen molar-refractivity contribution in [1.82, 2.24) is 0 Å². The summed E-state index contributed by atoms with van der Waals surface area (Å²) in [7, 11) is 0. The maximum absolute atomic E-state index is 11.4. The number of nitriles is 1. The third kappa shape index (κ3) is 2.93. The number of thiophene rings is 1. The van der Waals surface area contributed by atoms with Crippen molar-refractivity contribution in [2.75, 3.05) is 18.0 Å². The van der Waals surface area contributed by atoms with Gasteiger partial charge < -0.3 is 14.4 Å². The summed E-state index contributed by atoms with van der Waals surface area (Å²) in [6.07, 6.45) is 3.81. The maximum atomic E-state index is 11.4. The summed E-state index contributed by atoms with van der Waals surface area (Å²) in [4.78, 5) is 18.3. The lowest BCUT2D eigenvalue weighted by molar-refractivity contribution is 0.0697. The first-order valence-electron chi connectivity index (χ1n) is 9.44. The van der Waals surface area contributed by atoms with Gasteiger partial charge in [0.1, 0.15) is 22.6 Å². The molecule has 0 atom stereocenters. The minimum Gasteiger partial charge on any atom is -0.478 e. The molecule has 3 aliphatic heterocycles. The van der Waals surface area contributed by atoms with Gasteiger partial charge in [0, 0.05) is 24.2 Å². The zero-order valence-electron chi connectivity index (χ0n) is 15.5. The first-order chi connectivity index (χ1) is 14.2. The van der Waals surface area contributed by atoms with Gasteiger partial charge in [0.2, 0.25) is 0 Å². The molecule has 1 saturated heterocycles. The molecule has 0 amide bonds. The molecule has 6 rings (SSSR count). The van der Waals surface area contributed by atoms with E-state index in [1.165, 1.54) is 5.00 Å². The Morgan fingerprint density at radius 2 is 2.07 bits per heavy atom. The number of carboxylic acids is 1. The van der Waals surface area contributed by atoms with Crippen molar-refractivity contribution in [3.63, 3.8) is 0 Å². The van der Waals surface area contributed by atoms with Gasteiger partial charge in [-0.25, -0.2) is 9.79 Å². The molecule has 0 unspecified atom stereocenters. The Bertz CT molecular complexity index is 1180. The summed E-state index contributed by atoms with van der Waals surface area (Å²) in [5.74, 6) is 0.450. The van der Waals surface area contributed by atoms with Crippen molar-refractivity contribution in [2.45, 2.75) is 18.8 Å². The molecule has 1 fully saturated rings. The van der Waals surface area contributed by atoms with Crippen LogP contribution in [0.3, 0.4) is 0 Å². The molecule has 5 heterocycles. The van der Waals surface area contributed by atoms with Gasteiger partial charge in [-0.1, -0.05) is 29.5 Å². The normalized spacial score (nSPS) is 15.6. The number of aromatic carboxylic acids is 1. The Balaban J connectivity index is 1.47. The van der Waals surface area contributed by atoms with E-state index in [9.17, 15) is 15.2 Å². The quantitative estimate of drug-likeness (QED) is 0.617. The van der Waals surface area contributed by atoms with Crippen LogP contribution >= 0.6 is 11.3 Å². The van der Waals surface area contributed by atoms with E-state index in [1.807, 2.05) is 0 Å². The zero-order valence-corrected chi connectivity index (χ0v) is 16.3. The number of furan rings is 1. The minimum absolute atomic E-state index is 0.188. The molecular formula is C22H17N3O3S. The van der Waals surface area contributed by atoms with Crippen molar-refractivity contribution in [1.29, 1.82) is 5.26 Å². The second-order valence-electron chi connectivity index (χ2n) is 7.19. The first-order valence-corrected chi connectivity index (χ1v) is 10.3. The van der Waals surface area contributed by atoms with Crippen molar-refractivity contribution in [3.8, 4) is 17.4 Å². The van der Waals surface area contributed by atoms with Crippen LogP contribution in [0.1, 0.15) is 46.0 Å². The molecule has 6 nitrogen and oxygen atoms in total. The molecule has 0 saturated carbocycles. The number of hydrogen-bond acceptors (Lipinski definition) is 6. The lowest BCUT2D eigenvalue weighted by Gasteiger charge is -2.39. The van der Waals surface area contributed by atoms with Crippen LogP contribution in [0.15, 0.2) is 45.8 Å². The van der Waals surface area contributed by atoms with E-state index in [1.54, 1.807) is 53.9 Å². The Morgan fingerprint density at radius 1 is 1.28 bits per heavy atom. The summed E-state index contributed by atoms with van der Waals surface area (Å²) >= 11 is 1.56. The molecule has 0 aliphatic carbocycles. The maximum Gasteiger partial charge on any atom is 0.336 e. The monoisotopic (exact) mass is 403 g/mol. The summed E-state index contributed by atoms with van der Waals surface area (Å²) in [6, 6.07) is 12.6. The van der Waals surface area contributed by atoms with Gasteiger partial charge in [-0.2, -0.15) is 5.26 Å². The Labute approximate surface area is 171 Å².